The third-order valence-corrected chi connectivity index (χ3v) is 3.58. The van der Waals surface area contributed by atoms with E-state index in [0.717, 1.165) is 18.4 Å². The predicted octanol–water partition coefficient (Wildman–Crippen LogP) is 3.62. The highest BCUT2D eigenvalue weighted by Gasteiger charge is 2.14. The monoisotopic (exact) mass is 249 g/mol. The van der Waals surface area contributed by atoms with E-state index in [1.807, 2.05) is 30.3 Å². The van der Waals surface area contributed by atoms with E-state index in [0.29, 0.717) is 6.04 Å². The largest absolute Gasteiger partial charge is 0.388 e. The molecule has 1 aromatic carbocycles. The maximum atomic E-state index is 10.2. The zero-order valence-electron chi connectivity index (χ0n) is 12.0. The van der Waals surface area contributed by atoms with Gasteiger partial charge in [0.15, 0.2) is 0 Å². The van der Waals surface area contributed by atoms with E-state index in [4.69, 9.17) is 0 Å². The molecule has 2 heteroatoms. The van der Waals surface area contributed by atoms with Gasteiger partial charge in [-0.3, -0.25) is 0 Å². The Morgan fingerprint density at radius 3 is 2.28 bits per heavy atom. The highest BCUT2D eigenvalue weighted by Crippen LogP contribution is 2.21. The Hall–Kier alpha value is -0.860. The normalized spacial score (nSPS) is 14.7. The quantitative estimate of drug-likeness (QED) is 0.760. The number of hydrogen-bond donors (Lipinski definition) is 1. The average Bonchev–Trinajstić information content (AvgIpc) is 2.39. The van der Waals surface area contributed by atoms with E-state index in [2.05, 4.69) is 25.9 Å². The molecule has 0 fully saturated rings. The smallest absolute Gasteiger partial charge is 0.0790 e. The van der Waals surface area contributed by atoms with Gasteiger partial charge in [-0.2, -0.15) is 0 Å². The molecule has 2 atom stereocenters. The van der Waals surface area contributed by atoms with Crippen molar-refractivity contribution >= 4 is 0 Å². The molecule has 0 saturated carbocycles. The van der Waals surface area contributed by atoms with Crippen LogP contribution < -0.4 is 0 Å². The van der Waals surface area contributed by atoms with E-state index in [-0.39, 0.29) is 6.10 Å². The molecule has 2 nitrogen and oxygen atoms in total. The molecular formula is C16H27NO. The molecule has 0 aliphatic rings. The van der Waals surface area contributed by atoms with E-state index in [1.54, 1.807) is 0 Å². The molecule has 0 bridgehead atoms. The highest BCUT2D eigenvalue weighted by molar-refractivity contribution is 5.17. The summed E-state index contributed by atoms with van der Waals surface area (Å²) >= 11 is 0. The van der Waals surface area contributed by atoms with Crippen LogP contribution in [0.15, 0.2) is 30.3 Å². The van der Waals surface area contributed by atoms with Gasteiger partial charge < -0.3 is 10.0 Å². The number of rotatable bonds is 8. The summed E-state index contributed by atoms with van der Waals surface area (Å²) in [4.78, 5) is 2.29. The number of benzene rings is 1. The Morgan fingerprint density at radius 2 is 1.72 bits per heavy atom. The molecule has 0 amide bonds. The van der Waals surface area contributed by atoms with Crippen LogP contribution in [0.3, 0.4) is 0 Å². The van der Waals surface area contributed by atoms with Gasteiger partial charge in [0, 0.05) is 6.04 Å². The van der Waals surface area contributed by atoms with Crippen LogP contribution in [0, 0.1) is 0 Å². The van der Waals surface area contributed by atoms with Gasteiger partial charge >= 0.3 is 0 Å². The highest BCUT2D eigenvalue weighted by atomic mass is 16.3. The Morgan fingerprint density at radius 1 is 1.06 bits per heavy atom. The van der Waals surface area contributed by atoms with Gasteiger partial charge in [0.2, 0.25) is 0 Å². The molecule has 0 radical (unpaired) electrons. The van der Waals surface area contributed by atoms with Gasteiger partial charge in [-0.25, -0.2) is 0 Å². The van der Waals surface area contributed by atoms with Crippen molar-refractivity contribution in [2.45, 2.75) is 51.2 Å². The first-order valence-corrected chi connectivity index (χ1v) is 7.04. The van der Waals surface area contributed by atoms with E-state index in [9.17, 15) is 5.11 Å². The summed E-state index contributed by atoms with van der Waals surface area (Å²) < 4.78 is 0. The topological polar surface area (TPSA) is 23.5 Å². The third kappa shape index (κ3) is 5.19. The molecule has 2 unspecified atom stereocenters. The number of nitrogens with zero attached hydrogens (tertiary/aromatic N) is 1. The van der Waals surface area contributed by atoms with Gasteiger partial charge in [-0.1, -0.05) is 50.1 Å². The second-order valence-electron chi connectivity index (χ2n) is 5.26. The summed E-state index contributed by atoms with van der Waals surface area (Å²) in [5.74, 6) is 0. The first-order chi connectivity index (χ1) is 8.65. The second-order valence-corrected chi connectivity index (χ2v) is 5.26. The number of unbranched alkanes of at least 4 members (excludes halogenated alkanes) is 1. The predicted molar refractivity (Wildman–Crippen MR) is 77.6 cm³/mol. The number of hydrogen-bond acceptors (Lipinski definition) is 2. The van der Waals surface area contributed by atoms with Crippen molar-refractivity contribution in [3.8, 4) is 0 Å². The molecule has 18 heavy (non-hydrogen) atoms. The summed E-state index contributed by atoms with van der Waals surface area (Å²) in [5, 5.41) is 10.2. The average molecular weight is 249 g/mol. The van der Waals surface area contributed by atoms with Crippen molar-refractivity contribution in [2.24, 2.45) is 0 Å². The van der Waals surface area contributed by atoms with Crippen molar-refractivity contribution < 1.29 is 5.11 Å². The third-order valence-electron chi connectivity index (χ3n) is 3.58. The van der Waals surface area contributed by atoms with Crippen molar-refractivity contribution in [3.63, 3.8) is 0 Å². The van der Waals surface area contributed by atoms with E-state index < -0.39 is 0 Å². The molecule has 1 aromatic rings. The minimum Gasteiger partial charge on any atom is -0.388 e. The molecule has 0 aliphatic heterocycles. The Bertz CT molecular complexity index is 310. The molecule has 0 saturated heterocycles. The lowest BCUT2D eigenvalue weighted by Crippen LogP contribution is -2.28. The van der Waals surface area contributed by atoms with E-state index >= 15 is 0 Å². The molecule has 0 aromatic heterocycles. The van der Waals surface area contributed by atoms with Gasteiger partial charge in [0.1, 0.15) is 0 Å². The maximum absolute atomic E-state index is 10.2. The van der Waals surface area contributed by atoms with Crippen LogP contribution in [0.2, 0.25) is 0 Å². The van der Waals surface area contributed by atoms with E-state index in [1.165, 1.54) is 19.3 Å². The summed E-state index contributed by atoms with van der Waals surface area (Å²) in [5.41, 5.74) is 1.03. The van der Waals surface area contributed by atoms with Crippen molar-refractivity contribution in [2.75, 3.05) is 14.1 Å². The molecule has 0 spiro atoms. The molecular weight excluding hydrogens is 222 g/mol. The first kappa shape index (κ1) is 15.2. The standard InChI is InChI=1S/C16H27NO/c1-4-5-11-15(17(2)3)12-13-16(18)14-9-7-6-8-10-14/h6-10,15-16,18H,4-5,11-13H2,1-3H3. The van der Waals surface area contributed by atoms with Crippen LogP contribution in [0.4, 0.5) is 0 Å². The van der Waals surface area contributed by atoms with Crippen LogP contribution in [0.1, 0.15) is 50.7 Å². The maximum Gasteiger partial charge on any atom is 0.0790 e. The SMILES string of the molecule is CCCCC(CCC(O)c1ccccc1)N(C)C. The van der Waals surface area contributed by atoms with Gasteiger partial charge in [-0.05, 0) is 38.9 Å². The van der Waals surface area contributed by atoms with Gasteiger partial charge in [-0.15, -0.1) is 0 Å². The van der Waals surface area contributed by atoms with Crippen LogP contribution >= 0.6 is 0 Å². The lowest BCUT2D eigenvalue weighted by molar-refractivity contribution is 0.145. The van der Waals surface area contributed by atoms with Gasteiger partial charge in [0.05, 0.1) is 6.10 Å². The Labute approximate surface area is 112 Å². The fraction of sp³-hybridized carbons (Fsp3) is 0.625. The zero-order chi connectivity index (χ0) is 13.4. The minimum atomic E-state index is -0.324. The Balaban J connectivity index is 2.42. The van der Waals surface area contributed by atoms with Crippen molar-refractivity contribution in [1.29, 1.82) is 0 Å². The summed E-state index contributed by atoms with van der Waals surface area (Å²) in [7, 11) is 4.27. The van der Waals surface area contributed by atoms with Crippen LogP contribution in [-0.2, 0) is 0 Å². The molecule has 1 rings (SSSR count). The fourth-order valence-corrected chi connectivity index (χ4v) is 2.29. The molecule has 0 heterocycles. The molecule has 102 valence electrons. The number of aliphatic hydroxyl groups excluding tert-OH is 1. The van der Waals surface area contributed by atoms with Gasteiger partial charge in [0.25, 0.3) is 0 Å². The molecule has 0 aliphatic carbocycles. The minimum absolute atomic E-state index is 0.324. The zero-order valence-corrected chi connectivity index (χ0v) is 12.0. The summed E-state index contributed by atoms with van der Waals surface area (Å²) in [6, 6.07) is 10.5. The fourth-order valence-electron chi connectivity index (χ4n) is 2.29. The van der Waals surface area contributed by atoms with Crippen molar-refractivity contribution in [3.05, 3.63) is 35.9 Å². The summed E-state index contributed by atoms with van der Waals surface area (Å²) in [6.07, 6.45) is 5.32. The number of aliphatic hydroxyl groups is 1. The van der Waals surface area contributed by atoms with Crippen LogP contribution in [-0.4, -0.2) is 30.1 Å². The molecule has 1 N–H and O–H groups in total. The van der Waals surface area contributed by atoms with Crippen LogP contribution in [0.5, 0.6) is 0 Å². The van der Waals surface area contributed by atoms with Crippen LogP contribution in [0.25, 0.3) is 0 Å². The first-order valence-electron chi connectivity index (χ1n) is 7.04. The summed E-state index contributed by atoms with van der Waals surface area (Å²) in [6.45, 7) is 2.23. The lowest BCUT2D eigenvalue weighted by Gasteiger charge is -2.25. The Kier molecular flexibility index (Phi) is 6.99. The second kappa shape index (κ2) is 8.28. The van der Waals surface area contributed by atoms with Crippen molar-refractivity contribution in [1.82, 2.24) is 4.90 Å². The lowest BCUT2D eigenvalue weighted by atomic mass is 9.98.